The van der Waals surface area contributed by atoms with Crippen LogP contribution in [0, 0.1) is 0 Å². The summed E-state index contributed by atoms with van der Waals surface area (Å²) in [4.78, 5) is 14.7. The first kappa shape index (κ1) is 20.4. The standard InChI is InChI=1S/C24H32N2O2/c1-18(23(27)26-15-13-19-7-5-6-8-20(19)17-26)25-14-16-28-22-11-9-21(10-12-22)24(2,3)4/h5-12,18,25H,13-17H2,1-4H3/t18-/m0/s1. The monoisotopic (exact) mass is 380 g/mol. The average Bonchev–Trinajstić information content (AvgIpc) is 2.69. The van der Waals surface area contributed by atoms with Crippen molar-refractivity contribution in [1.82, 2.24) is 10.2 Å². The summed E-state index contributed by atoms with van der Waals surface area (Å²) >= 11 is 0. The fraction of sp³-hybridized carbons (Fsp3) is 0.458. The van der Waals surface area contributed by atoms with Gasteiger partial charge in [-0.05, 0) is 47.6 Å². The fourth-order valence-electron chi connectivity index (χ4n) is 3.54. The summed E-state index contributed by atoms with van der Waals surface area (Å²) in [6, 6.07) is 16.4. The number of carbonyl (C=O) groups excluding carboxylic acids is 1. The molecule has 150 valence electrons. The maximum Gasteiger partial charge on any atom is 0.239 e. The first-order chi connectivity index (χ1) is 13.3. The van der Waals surface area contributed by atoms with E-state index in [1.165, 1.54) is 16.7 Å². The molecule has 0 aromatic heterocycles. The van der Waals surface area contributed by atoms with Gasteiger partial charge in [-0.3, -0.25) is 4.79 Å². The zero-order chi connectivity index (χ0) is 20.1. The summed E-state index contributed by atoms with van der Waals surface area (Å²) in [5, 5.41) is 3.29. The molecule has 0 spiro atoms. The van der Waals surface area contributed by atoms with Crippen molar-refractivity contribution >= 4 is 5.91 Å². The molecular formula is C24H32N2O2. The topological polar surface area (TPSA) is 41.6 Å². The molecule has 1 atom stereocenters. The molecule has 1 aliphatic rings. The van der Waals surface area contributed by atoms with Crippen LogP contribution >= 0.6 is 0 Å². The maximum atomic E-state index is 12.7. The average molecular weight is 381 g/mol. The Morgan fingerprint density at radius 1 is 1.11 bits per heavy atom. The highest BCUT2D eigenvalue weighted by Crippen LogP contribution is 2.24. The molecule has 0 radical (unpaired) electrons. The van der Waals surface area contributed by atoms with Crippen LogP contribution in [0.25, 0.3) is 0 Å². The minimum absolute atomic E-state index is 0.144. The van der Waals surface area contributed by atoms with Crippen molar-refractivity contribution in [3.05, 3.63) is 65.2 Å². The second-order valence-corrected chi connectivity index (χ2v) is 8.58. The van der Waals surface area contributed by atoms with Gasteiger partial charge in [0.05, 0.1) is 6.04 Å². The lowest BCUT2D eigenvalue weighted by molar-refractivity contribution is -0.134. The predicted molar refractivity (Wildman–Crippen MR) is 114 cm³/mol. The Morgan fingerprint density at radius 2 is 1.79 bits per heavy atom. The van der Waals surface area contributed by atoms with E-state index in [9.17, 15) is 4.79 Å². The number of rotatable bonds is 6. The van der Waals surface area contributed by atoms with Gasteiger partial charge in [-0.2, -0.15) is 0 Å². The van der Waals surface area contributed by atoms with E-state index in [2.05, 4.69) is 56.4 Å². The predicted octanol–water partition coefficient (Wildman–Crippen LogP) is 3.93. The highest BCUT2D eigenvalue weighted by Gasteiger charge is 2.24. The van der Waals surface area contributed by atoms with E-state index < -0.39 is 0 Å². The zero-order valence-corrected chi connectivity index (χ0v) is 17.5. The van der Waals surface area contributed by atoms with Crippen molar-refractivity contribution in [2.24, 2.45) is 0 Å². The van der Waals surface area contributed by atoms with Gasteiger partial charge in [0.1, 0.15) is 12.4 Å². The minimum Gasteiger partial charge on any atom is -0.492 e. The number of hydrogen-bond donors (Lipinski definition) is 1. The third-order valence-electron chi connectivity index (χ3n) is 5.35. The zero-order valence-electron chi connectivity index (χ0n) is 17.5. The lowest BCUT2D eigenvalue weighted by Gasteiger charge is -2.31. The van der Waals surface area contributed by atoms with Gasteiger partial charge in [-0.1, -0.05) is 57.2 Å². The van der Waals surface area contributed by atoms with E-state index in [1.54, 1.807) is 0 Å². The van der Waals surface area contributed by atoms with Crippen molar-refractivity contribution < 1.29 is 9.53 Å². The molecule has 2 aromatic rings. The van der Waals surface area contributed by atoms with Gasteiger partial charge >= 0.3 is 0 Å². The highest BCUT2D eigenvalue weighted by molar-refractivity contribution is 5.81. The van der Waals surface area contributed by atoms with Crippen molar-refractivity contribution in [2.45, 2.75) is 52.1 Å². The van der Waals surface area contributed by atoms with E-state index in [4.69, 9.17) is 4.74 Å². The summed E-state index contributed by atoms with van der Waals surface area (Å²) in [5.41, 5.74) is 4.06. The molecular weight excluding hydrogens is 348 g/mol. The van der Waals surface area contributed by atoms with Crippen LogP contribution in [0.2, 0.25) is 0 Å². The smallest absolute Gasteiger partial charge is 0.239 e. The molecule has 0 unspecified atom stereocenters. The minimum atomic E-state index is -0.211. The number of nitrogens with one attached hydrogen (secondary N) is 1. The Morgan fingerprint density at radius 3 is 2.46 bits per heavy atom. The van der Waals surface area contributed by atoms with Crippen LogP contribution in [0.1, 0.15) is 44.4 Å². The number of benzene rings is 2. The van der Waals surface area contributed by atoms with Crippen LogP contribution in [0.4, 0.5) is 0 Å². The molecule has 1 heterocycles. The van der Waals surface area contributed by atoms with Crippen LogP contribution in [-0.2, 0) is 23.2 Å². The summed E-state index contributed by atoms with van der Waals surface area (Å²) in [6.45, 7) is 11.2. The summed E-state index contributed by atoms with van der Waals surface area (Å²) < 4.78 is 5.81. The molecule has 0 saturated carbocycles. The number of ether oxygens (including phenoxy) is 1. The van der Waals surface area contributed by atoms with Gasteiger partial charge in [-0.15, -0.1) is 0 Å². The van der Waals surface area contributed by atoms with Crippen LogP contribution < -0.4 is 10.1 Å². The van der Waals surface area contributed by atoms with Crippen LogP contribution in [-0.4, -0.2) is 36.5 Å². The number of carbonyl (C=O) groups is 1. The third-order valence-corrected chi connectivity index (χ3v) is 5.35. The number of hydrogen-bond acceptors (Lipinski definition) is 3. The van der Waals surface area contributed by atoms with Crippen molar-refractivity contribution in [3.8, 4) is 5.75 Å². The Bertz CT molecular complexity index is 793. The third kappa shape index (κ3) is 5.14. The van der Waals surface area contributed by atoms with Crippen molar-refractivity contribution in [1.29, 1.82) is 0 Å². The van der Waals surface area contributed by atoms with Gasteiger partial charge in [0, 0.05) is 19.6 Å². The van der Waals surface area contributed by atoms with Crippen LogP contribution in [0.3, 0.4) is 0 Å². The normalized spacial score (nSPS) is 15.1. The number of nitrogens with zero attached hydrogens (tertiary/aromatic N) is 1. The highest BCUT2D eigenvalue weighted by atomic mass is 16.5. The van der Waals surface area contributed by atoms with Gasteiger partial charge in [0.25, 0.3) is 0 Å². The molecule has 0 fully saturated rings. The molecule has 2 aromatic carbocycles. The van der Waals surface area contributed by atoms with E-state index in [1.807, 2.05) is 30.0 Å². The molecule has 1 N–H and O–H groups in total. The Labute approximate surface area is 168 Å². The molecule has 0 saturated heterocycles. The maximum absolute atomic E-state index is 12.7. The summed E-state index contributed by atoms with van der Waals surface area (Å²) in [5.74, 6) is 1.02. The largest absolute Gasteiger partial charge is 0.492 e. The first-order valence-corrected chi connectivity index (χ1v) is 10.2. The van der Waals surface area contributed by atoms with Crippen molar-refractivity contribution in [3.63, 3.8) is 0 Å². The Hall–Kier alpha value is -2.33. The second kappa shape index (κ2) is 8.78. The number of amides is 1. The molecule has 0 bridgehead atoms. The molecule has 1 amide bonds. The second-order valence-electron chi connectivity index (χ2n) is 8.58. The van der Waals surface area contributed by atoms with Crippen LogP contribution in [0.5, 0.6) is 5.75 Å². The molecule has 1 aliphatic heterocycles. The molecule has 28 heavy (non-hydrogen) atoms. The van der Waals surface area contributed by atoms with Gasteiger partial charge in [-0.25, -0.2) is 0 Å². The molecule has 4 nitrogen and oxygen atoms in total. The Balaban J connectivity index is 1.42. The Kier molecular flexibility index (Phi) is 6.40. The van der Waals surface area contributed by atoms with Gasteiger partial charge < -0.3 is 15.0 Å². The molecule has 3 rings (SSSR count). The molecule has 0 aliphatic carbocycles. The quantitative estimate of drug-likeness (QED) is 0.772. The summed E-state index contributed by atoms with van der Waals surface area (Å²) in [6.07, 6.45) is 0.933. The first-order valence-electron chi connectivity index (χ1n) is 10.2. The van der Waals surface area contributed by atoms with E-state index in [-0.39, 0.29) is 17.4 Å². The van der Waals surface area contributed by atoms with E-state index >= 15 is 0 Å². The van der Waals surface area contributed by atoms with E-state index in [0.717, 1.165) is 18.7 Å². The fourth-order valence-corrected chi connectivity index (χ4v) is 3.54. The van der Waals surface area contributed by atoms with Gasteiger partial charge in [0.2, 0.25) is 5.91 Å². The lowest BCUT2D eigenvalue weighted by Crippen LogP contribution is -2.47. The molecule has 4 heteroatoms. The SMILES string of the molecule is C[C@H](NCCOc1ccc(C(C)(C)C)cc1)C(=O)N1CCc2ccccc2C1. The van der Waals surface area contributed by atoms with Gasteiger partial charge in [0.15, 0.2) is 0 Å². The number of fused-ring (bicyclic) bond motifs is 1. The van der Waals surface area contributed by atoms with E-state index in [0.29, 0.717) is 19.7 Å². The lowest BCUT2D eigenvalue weighted by atomic mass is 9.87. The van der Waals surface area contributed by atoms with Crippen molar-refractivity contribution in [2.75, 3.05) is 19.7 Å². The summed E-state index contributed by atoms with van der Waals surface area (Å²) in [7, 11) is 0. The van der Waals surface area contributed by atoms with Crippen LogP contribution in [0.15, 0.2) is 48.5 Å².